The van der Waals surface area contributed by atoms with Gasteiger partial charge in [0.2, 0.25) is 0 Å². The van der Waals surface area contributed by atoms with Gasteiger partial charge in [-0.2, -0.15) is 16.8 Å². The Bertz CT molecular complexity index is 224. The molecule has 0 spiro atoms. The molecule has 0 saturated carbocycles. The summed E-state index contributed by atoms with van der Waals surface area (Å²) in [6, 6.07) is 0. The maximum absolute atomic E-state index is 4.62. The fraction of sp³-hybridized carbons (Fsp3) is 0.500. The molecule has 10 heteroatoms. The topological polar surface area (TPSA) is 0 Å². The van der Waals surface area contributed by atoms with Gasteiger partial charge in [0.15, 0.2) is 0 Å². The van der Waals surface area contributed by atoms with E-state index in [1.54, 1.807) is 0 Å². The van der Waals surface area contributed by atoms with Gasteiger partial charge in [-0.3, -0.25) is 0 Å². The second-order valence-electron chi connectivity index (χ2n) is 2.49. The summed E-state index contributed by atoms with van der Waals surface area (Å²) in [6.07, 6.45) is 2.75. The molecule has 0 heterocycles. The van der Waals surface area contributed by atoms with Crippen molar-refractivity contribution in [1.29, 1.82) is 0 Å². The van der Waals surface area contributed by atoms with Gasteiger partial charge in [0, 0.05) is 0 Å². The Hall–Kier alpha value is 2.38. The molecule has 0 aliphatic rings. The quantitative estimate of drug-likeness (QED) is 0.319. The summed E-state index contributed by atoms with van der Waals surface area (Å²) in [7, 11) is 0. The smallest absolute Gasteiger partial charge is 0.433 e. The van der Waals surface area contributed by atoms with Crippen LogP contribution in [0.1, 0.15) is 25.7 Å². The van der Waals surface area contributed by atoms with Gasteiger partial charge < -0.3 is 99.4 Å². The molecule has 1 radical (unpaired) electrons. The van der Waals surface area contributed by atoms with Crippen molar-refractivity contribution >= 4 is 116 Å². The second kappa shape index (κ2) is 19.4. The Balaban J connectivity index is -0.0000000980. The van der Waals surface area contributed by atoms with E-state index in [0.29, 0.717) is 42.5 Å². The zero-order chi connectivity index (χ0) is 13.1. The molecule has 0 unspecified atom stereocenters. The van der Waals surface area contributed by atoms with Gasteiger partial charge in [-0.15, -0.1) is 0 Å². The van der Waals surface area contributed by atoms with Gasteiger partial charge in [-0.25, -0.2) is 0 Å². The van der Waals surface area contributed by atoms with E-state index in [1.807, 2.05) is 0 Å². The Labute approximate surface area is 176 Å². The van der Waals surface area contributed by atoms with E-state index in [2.05, 4.69) is 99.4 Å². The van der Waals surface area contributed by atoms with Crippen LogP contribution < -0.4 is 0 Å². The Morgan fingerprint density at radius 1 is 0.556 bits per heavy atom. The molecule has 0 aromatic rings. The van der Waals surface area contributed by atoms with Crippen molar-refractivity contribution in [2.45, 2.75) is 25.7 Å². The molecule has 97 valence electrons. The molecule has 0 atom stereocenters. The predicted octanol–water partition coefficient (Wildman–Crippen LogP) is 3.03. The zero-order valence-electron chi connectivity index (χ0n) is 9.18. The molecular weight excluding hydrogens is 473 g/mol. The van der Waals surface area contributed by atoms with E-state index >= 15 is 0 Å². The molecule has 0 saturated heterocycles. The van der Waals surface area contributed by atoms with Gasteiger partial charge in [0.25, 0.3) is 0 Å². The molecule has 0 aromatic heterocycles. The van der Waals surface area contributed by atoms with Gasteiger partial charge in [0.1, 0.15) is 0 Å². The van der Waals surface area contributed by atoms with E-state index in [9.17, 15) is 0 Å². The predicted molar refractivity (Wildman–Crippen MR) is 98.3 cm³/mol. The molecule has 0 bridgehead atoms. The van der Waals surface area contributed by atoms with E-state index in [-0.39, 0.29) is 36.5 Å². The van der Waals surface area contributed by atoms with Crippen molar-refractivity contribution in [3.05, 3.63) is 0 Å². The average Bonchev–Trinajstić information content (AvgIpc) is 2.12. The van der Waals surface area contributed by atoms with Crippen molar-refractivity contribution in [2.75, 3.05) is 0 Å². The zero-order valence-corrected chi connectivity index (χ0v) is 19.9. The van der Waals surface area contributed by atoms with Crippen molar-refractivity contribution in [1.82, 2.24) is 0 Å². The van der Waals surface area contributed by atoms with Crippen LogP contribution in [0.2, 0.25) is 0 Å². The maximum atomic E-state index is 4.62. The third-order valence-corrected chi connectivity index (χ3v) is 2.70. The van der Waals surface area contributed by atoms with Crippen LogP contribution in [-0.4, -0.2) is 16.8 Å². The normalized spacial score (nSPS) is 7.56. The molecule has 0 rings (SSSR count). The molecule has 0 aromatic carbocycles. The number of hydrogen-bond donors (Lipinski definition) is 0. The van der Waals surface area contributed by atoms with Gasteiger partial charge in [-0.05, 0) is 25.7 Å². The van der Waals surface area contributed by atoms with Crippen molar-refractivity contribution in [3.63, 3.8) is 0 Å². The van der Waals surface area contributed by atoms with Crippen molar-refractivity contribution in [2.24, 2.45) is 0 Å². The maximum Gasteiger partial charge on any atom is 2.00 e. The van der Waals surface area contributed by atoms with Crippen LogP contribution in [0.3, 0.4) is 0 Å². The van der Waals surface area contributed by atoms with Crippen LogP contribution in [0.25, 0.3) is 0 Å². The number of hydrogen-bond acceptors (Lipinski definition) is 8. The molecule has 0 fully saturated rings. The van der Waals surface area contributed by atoms with Gasteiger partial charge >= 0.3 is 36.5 Å². The first kappa shape index (κ1) is 28.5. The van der Waals surface area contributed by atoms with Crippen LogP contribution >= 0.6 is 48.9 Å². The summed E-state index contributed by atoms with van der Waals surface area (Å²) in [5.41, 5.74) is 0. The second-order valence-corrected chi connectivity index (χ2v) is 7.46. The van der Waals surface area contributed by atoms with Crippen LogP contribution in [0.15, 0.2) is 0 Å². The first-order chi connectivity index (χ1) is 7.25. The molecule has 0 nitrogen and oxygen atoms in total. The number of thiocarbonyl (C=S) groups is 4. The summed E-state index contributed by atoms with van der Waals surface area (Å²) in [5.74, 6) is 0. The molecule has 0 N–H and O–H groups in total. The minimum atomic E-state index is 0. The largest absolute Gasteiger partial charge is 2.00 e. The third kappa shape index (κ3) is 36.2. The van der Waals surface area contributed by atoms with Crippen LogP contribution in [0.4, 0.5) is 0 Å². The first-order valence-corrected chi connectivity index (χ1v) is 7.31. The summed E-state index contributed by atoms with van der Waals surface area (Å²) >= 11 is 37.0. The van der Waals surface area contributed by atoms with Gasteiger partial charge in [0.05, 0.1) is 0 Å². The SMILES string of the molecule is S=C([S-])CCC(=S)[S-].S=C([S-])CCC(=S)[S-].[Mn+2].[Zn+2]. The summed E-state index contributed by atoms with van der Waals surface area (Å²) in [4.78, 5) is 0. The Morgan fingerprint density at radius 2 is 0.667 bits per heavy atom. The fourth-order valence-electron chi connectivity index (χ4n) is 0.408. The average molecular weight is 481 g/mol. The van der Waals surface area contributed by atoms with Crippen molar-refractivity contribution < 1.29 is 36.5 Å². The molecule has 0 amide bonds. The minimum Gasteiger partial charge on any atom is -0.433 e. The monoisotopic (exact) mass is 479 g/mol. The van der Waals surface area contributed by atoms with E-state index in [4.69, 9.17) is 0 Å². The third-order valence-electron chi connectivity index (χ3n) is 1.07. The Morgan fingerprint density at radius 3 is 0.722 bits per heavy atom. The first-order valence-electron chi connectivity index (χ1n) is 4.05. The Kier molecular flexibility index (Phi) is 30.7. The van der Waals surface area contributed by atoms with E-state index in [1.165, 1.54) is 0 Å². The molecule has 18 heavy (non-hydrogen) atoms. The van der Waals surface area contributed by atoms with Gasteiger partial charge in [-0.1, -0.05) is 0 Å². The summed E-state index contributed by atoms with van der Waals surface area (Å²) in [5, 5.41) is 0. The molecule has 0 aliphatic carbocycles. The fourth-order valence-corrected chi connectivity index (χ4v) is 1.22. The number of rotatable bonds is 6. The van der Waals surface area contributed by atoms with E-state index < -0.39 is 0 Å². The van der Waals surface area contributed by atoms with Crippen LogP contribution in [0.5, 0.6) is 0 Å². The van der Waals surface area contributed by atoms with E-state index in [0.717, 1.165) is 0 Å². The summed E-state index contributed by atoms with van der Waals surface area (Å²) in [6.45, 7) is 0. The standard InChI is InChI=1S/2C4H6S4.Mn.Zn/c2*5-3(6)1-2-4(7)8;;/h2*1-2H2,(H,5,6)(H,7,8);;/q;;2*+2/p-4. The molecule has 0 aliphatic heterocycles. The summed E-state index contributed by atoms with van der Waals surface area (Å²) < 4.78 is 2.27. The van der Waals surface area contributed by atoms with Crippen LogP contribution in [-0.2, 0) is 87.1 Å². The minimum absolute atomic E-state index is 0. The van der Waals surface area contributed by atoms with Crippen molar-refractivity contribution in [3.8, 4) is 0 Å². The molecular formula is C8H8MnS8Zn. The van der Waals surface area contributed by atoms with Crippen LogP contribution in [0, 0.1) is 0 Å².